The molecule has 100 valence electrons. The smallest absolute Gasteiger partial charge is 0.397 e. The van der Waals surface area contributed by atoms with Crippen LogP contribution in [-0.2, 0) is 22.8 Å². The van der Waals surface area contributed by atoms with Crippen LogP contribution in [0.4, 0.5) is 0 Å². The van der Waals surface area contributed by atoms with Crippen molar-refractivity contribution in [3.05, 3.63) is 0 Å². The molecule has 6 nitrogen and oxygen atoms in total. The first-order valence-electron chi connectivity index (χ1n) is 5.07. The predicted molar refractivity (Wildman–Crippen MR) is 72.2 cm³/mol. The second-order valence-corrected chi connectivity index (χ2v) is 8.95. The summed E-state index contributed by atoms with van der Waals surface area (Å²) in [6, 6.07) is 0. The fourth-order valence-corrected chi connectivity index (χ4v) is 4.20. The maximum absolute atomic E-state index is 10.00. The Bertz CT molecular complexity index is 220. The molecule has 0 saturated heterocycles. The lowest BCUT2D eigenvalue weighted by molar-refractivity contribution is 0.261. The van der Waals surface area contributed by atoms with Gasteiger partial charge >= 0.3 is 10.4 Å². The molecule has 0 bridgehead atoms. The van der Waals surface area contributed by atoms with Gasteiger partial charge in [0.05, 0.1) is 6.61 Å². The molecule has 0 aromatic rings. The molecule has 0 rings (SSSR count). The minimum Gasteiger partial charge on any atom is -0.449 e. The average Bonchev–Trinajstić information content (AvgIpc) is 2.18. The monoisotopic (exact) mass is 306 g/mol. The molecule has 0 saturated carbocycles. The highest BCUT2D eigenvalue weighted by molar-refractivity contribution is 7.80. The molecule has 0 amide bonds. The summed E-state index contributed by atoms with van der Waals surface area (Å²) in [5.74, 6) is 0. The molecule has 0 radical (unpaired) electrons. The van der Waals surface area contributed by atoms with Gasteiger partial charge in [0.1, 0.15) is 21.0 Å². The van der Waals surface area contributed by atoms with Crippen LogP contribution in [0.15, 0.2) is 0 Å². The van der Waals surface area contributed by atoms with E-state index in [-0.39, 0.29) is 6.61 Å². The highest BCUT2D eigenvalue weighted by Crippen LogP contribution is 1.99. The Balaban J connectivity index is 0. The van der Waals surface area contributed by atoms with E-state index in [0.29, 0.717) is 6.42 Å². The van der Waals surface area contributed by atoms with Crippen LogP contribution in [-0.4, -0.2) is 50.6 Å². The van der Waals surface area contributed by atoms with E-state index < -0.39 is 20.4 Å². The molecular weight excluding hydrogens is 284 g/mol. The molecule has 0 aromatic carbocycles. The molecule has 0 aromatic heterocycles. The number of hydrogen-bond donors (Lipinski definition) is 1. The van der Waals surface area contributed by atoms with E-state index >= 15 is 0 Å². The molecular formula is C6H22O6SSi3. The normalized spacial score (nSPS) is 11.9. The lowest BCUT2D eigenvalue weighted by Gasteiger charge is -1.98. The van der Waals surface area contributed by atoms with Crippen molar-refractivity contribution in [2.75, 3.05) is 6.61 Å². The third-order valence-electron chi connectivity index (χ3n) is 1.47. The molecule has 0 atom stereocenters. The molecule has 10 heteroatoms. The highest BCUT2D eigenvalue weighted by atomic mass is 32.3. The van der Waals surface area contributed by atoms with Crippen LogP contribution >= 0.6 is 0 Å². The van der Waals surface area contributed by atoms with Gasteiger partial charge in [-0.2, -0.15) is 8.42 Å². The van der Waals surface area contributed by atoms with Crippen molar-refractivity contribution < 1.29 is 25.4 Å². The number of rotatable bonds is 8. The second-order valence-electron chi connectivity index (χ2n) is 3.01. The number of unbranched alkanes of at least 4 members (excludes halogenated alkanes) is 3. The van der Waals surface area contributed by atoms with Crippen LogP contribution in [0.2, 0.25) is 0 Å². The molecule has 1 N–H and O–H groups in total. The van der Waals surface area contributed by atoms with Gasteiger partial charge in [0.15, 0.2) is 0 Å². The molecule has 0 aliphatic rings. The molecule has 0 fully saturated rings. The largest absolute Gasteiger partial charge is 0.449 e. The van der Waals surface area contributed by atoms with E-state index in [4.69, 9.17) is 12.8 Å². The SMILES string of the molecule is CCCCCCOS(=O)(=O)O.[SiH3]O[SiH2]O[SiH3]. The van der Waals surface area contributed by atoms with Crippen LogP contribution in [0.25, 0.3) is 0 Å². The van der Waals surface area contributed by atoms with Crippen molar-refractivity contribution in [1.82, 2.24) is 0 Å². The molecule has 0 heterocycles. The number of hydrogen-bond acceptors (Lipinski definition) is 5. The van der Waals surface area contributed by atoms with Crippen LogP contribution in [0.5, 0.6) is 0 Å². The maximum atomic E-state index is 10.00. The molecule has 0 spiro atoms. The van der Waals surface area contributed by atoms with Gasteiger partial charge in [-0.15, -0.1) is 0 Å². The van der Waals surface area contributed by atoms with Gasteiger partial charge in [0.25, 0.3) is 10.0 Å². The zero-order valence-electron chi connectivity index (χ0n) is 10.1. The van der Waals surface area contributed by atoms with Gasteiger partial charge < -0.3 is 8.23 Å². The quantitative estimate of drug-likeness (QED) is 0.316. The van der Waals surface area contributed by atoms with Gasteiger partial charge in [-0.3, -0.25) is 4.55 Å². The Morgan fingerprint density at radius 1 is 1.19 bits per heavy atom. The fraction of sp³-hybridized carbons (Fsp3) is 1.00. The first-order chi connectivity index (χ1) is 7.47. The summed E-state index contributed by atoms with van der Waals surface area (Å²) in [6.45, 7) is 2.14. The molecule has 0 aliphatic heterocycles. The summed E-state index contributed by atoms with van der Waals surface area (Å²) < 4.78 is 41.8. The van der Waals surface area contributed by atoms with E-state index in [1.807, 2.05) is 0 Å². The lowest BCUT2D eigenvalue weighted by Crippen LogP contribution is -2.04. The second kappa shape index (κ2) is 13.5. The van der Waals surface area contributed by atoms with Crippen LogP contribution < -0.4 is 0 Å². The first-order valence-corrected chi connectivity index (χ1v) is 9.23. The van der Waals surface area contributed by atoms with Gasteiger partial charge in [-0.25, -0.2) is 4.18 Å². The summed E-state index contributed by atoms with van der Waals surface area (Å²) in [6.07, 6.45) is 3.76. The van der Waals surface area contributed by atoms with Gasteiger partial charge in [0, 0.05) is 0 Å². The maximum Gasteiger partial charge on any atom is 0.397 e. The summed E-state index contributed by atoms with van der Waals surface area (Å²) in [7, 11) is -2.94. The Kier molecular flexibility index (Phi) is 15.9. The summed E-state index contributed by atoms with van der Waals surface area (Å²) in [4.78, 5) is 0. The van der Waals surface area contributed by atoms with Crippen molar-refractivity contribution in [1.29, 1.82) is 0 Å². The van der Waals surface area contributed by atoms with Crippen molar-refractivity contribution >= 4 is 41.4 Å². The zero-order chi connectivity index (χ0) is 12.9. The van der Waals surface area contributed by atoms with E-state index in [2.05, 4.69) is 11.1 Å². The van der Waals surface area contributed by atoms with Crippen molar-refractivity contribution in [2.45, 2.75) is 32.6 Å². The van der Waals surface area contributed by atoms with Crippen molar-refractivity contribution in [3.8, 4) is 0 Å². The molecule has 0 unspecified atom stereocenters. The van der Waals surface area contributed by atoms with Crippen LogP contribution in [0.1, 0.15) is 32.6 Å². The Labute approximate surface area is 106 Å². The standard InChI is InChI=1S/C6H14O4S.H8O2Si3/c1-2-3-4-5-6-10-11(7,8)9;3-1-5-2-4/h2-6H2,1H3,(H,7,8,9);5H2,3-4H3. The average molecular weight is 307 g/mol. The van der Waals surface area contributed by atoms with Crippen LogP contribution in [0.3, 0.4) is 0 Å². The lowest BCUT2D eigenvalue weighted by atomic mass is 10.2. The summed E-state index contributed by atoms with van der Waals surface area (Å²) in [5.41, 5.74) is 0. The van der Waals surface area contributed by atoms with Gasteiger partial charge in [-0.05, 0) is 6.42 Å². The minimum absolute atomic E-state index is 0.0822. The van der Waals surface area contributed by atoms with E-state index in [1.54, 1.807) is 0 Å². The van der Waals surface area contributed by atoms with E-state index in [1.165, 1.54) is 0 Å². The van der Waals surface area contributed by atoms with E-state index in [9.17, 15) is 8.42 Å². The topological polar surface area (TPSA) is 82.1 Å². The minimum atomic E-state index is -4.21. The van der Waals surface area contributed by atoms with Gasteiger partial charge in [0.2, 0.25) is 0 Å². The highest BCUT2D eigenvalue weighted by Gasteiger charge is 2.01. The molecule has 0 aliphatic carbocycles. The molecule has 16 heavy (non-hydrogen) atoms. The van der Waals surface area contributed by atoms with Crippen molar-refractivity contribution in [3.63, 3.8) is 0 Å². The predicted octanol–water partition coefficient (Wildman–Crippen LogP) is -2.03. The zero-order valence-corrected chi connectivity index (χ0v) is 16.4. The Morgan fingerprint density at radius 3 is 2.06 bits per heavy atom. The summed E-state index contributed by atoms with van der Waals surface area (Å²) in [5, 5.41) is 0. The van der Waals surface area contributed by atoms with Crippen LogP contribution in [0, 0.1) is 0 Å². The first kappa shape index (κ1) is 18.8. The fourth-order valence-electron chi connectivity index (χ4n) is 0.811. The Hall–Kier alpha value is 0.441. The Morgan fingerprint density at radius 2 is 1.75 bits per heavy atom. The third-order valence-corrected chi connectivity index (χ3v) is 3.82. The van der Waals surface area contributed by atoms with E-state index in [0.717, 1.165) is 40.2 Å². The summed E-state index contributed by atoms with van der Waals surface area (Å²) >= 11 is 0. The van der Waals surface area contributed by atoms with Gasteiger partial charge in [-0.1, -0.05) is 26.2 Å². The third kappa shape index (κ3) is 23.9. The van der Waals surface area contributed by atoms with Crippen molar-refractivity contribution in [2.24, 2.45) is 0 Å².